The van der Waals surface area contributed by atoms with Crippen LogP contribution in [-0.4, -0.2) is 47.6 Å². The summed E-state index contributed by atoms with van der Waals surface area (Å²) in [5.74, 6) is -0.247. The number of aryl methyl sites for hydroxylation is 1. The summed E-state index contributed by atoms with van der Waals surface area (Å²) in [5.41, 5.74) is 0. The van der Waals surface area contributed by atoms with Gasteiger partial charge in [-0.3, -0.25) is 5.32 Å². The summed E-state index contributed by atoms with van der Waals surface area (Å²) < 4.78 is 22.7. The Morgan fingerprint density at radius 1 is 1.47 bits per heavy atom. The number of hydrogen-bond donors (Lipinski definition) is 2. The molecule has 10 heteroatoms. The van der Waals surface area contributed by atoms with Crippen LogP contribution >= 0.6 is 22.9 Å². The van der Waals surface area contributed by atoms with Crippen molar-refractivity contribution in [2.24, 2.45) is 0 Å². The van der Waals surface area contributed by atoms with E-state index in [0.29, 0.717) is 5.13 Å². The number of halogens is 1. The Morgan fingerprint density at radius 2 is 2.21 bits per heavy atom. The highest BCUT2D eigenvalue weighted by molar-refractivity contribution is 7.91. The van der Waals surface area contributed by atoms with Gasteiger partial charge in [-0.2, -0.15) is 0 Å². The Balaban J connectivity index is 1.91. The molecule has 0 unspecified atom stereocenters. The van der Waals surface area contributed by atoms with Crippen molar-refractivity contribution < 1.29 is 13.2 Å². The predicted molar refractivity (Wildman–Crippen MR) is 73.5 cm³/mol. The minimum atomic E-state index is -3.16. The number of rotatable bonds is 3. The lowest BCUT2D eigenvalue weighted by Crippen LogP contribution is -2.42. The zero-order valence-corrected chi connectivity index (χ0v) is 12.5. The van der Waals surface area contributed by atoms with Gasteiger partial charge in [0.1, 0.15) is 5.01 Å². The molecule has 2 amide bonds. The molecule has 19 heavy (non-hydrogen) atoms. The number of carbonyl (C=O) groups excluding carboxylic acids is 1. The van der Waals surface area contributed by atoms with Gasteiger partial charge < -0.3 is 5.32 Å². The van der Waals surface area contributed by atoms with Crippen LogP contribution in [0.2, 0.25) is 0 Å². The monoisotopic (exact) mass is 324 g/mol. The van der Waals surface area contributed by atoms with Crippen LogP contribution < -0.4 is 10.6 Å². The van der Waals surface area contributed by atoms with Crippen LogP contribution in [0.3, 0.4) is 0 Å². The molecule has 1 fully saturated rings. The van der Waals surface area contributed by atoms with Gasteiger partial charge in [0, 0.05) is 0 Å². The van der Waals surface area contributed by atoms with E-state index in [1.54, 1.807) is 0 Å². The highest BCUT2D eigenvalue weighted by Gasteiger charge is 2.37. The predicted octanol–water partition coefficient (Wildman–Crippen LogP) is 0.626. The average molecular weight is 325 g/mol. The summed E-state index contributed by atoms with van der Waals surface area (Å²) in [6.45, 7) is 1.94. The molecule has 1 aromatic rings. The zero-order chi connectivity index (χ0) is 14.0. The minimum absolute atomic E-state index is 0.113. The standard InChI is InChI=1S/C9H13ClN4O3S2/c1-2-7-13-14-9(18-7)12-8(15)11-6-4-19(16,17)3-5(6)10/h5-6H,2-4H2,1H3,(H2,11,12,14,15)/t5-,6+/m1/s1. The summed E-state index contributed by atoms with van der Waals surface area (Å²) in [5, 5.41) is 13.3. The zero-order valence-electron chi connectivity index (χ0n) is 10.1. The first-order valence-corrected chi connectivity index (χ1v) is 8.71. The van der Waals surface area contributed by atoms with Crippen LogP contribution in [0.15, 0.2) is 0 Å². The van der Waals surface area contributed by atoms with Crippen LogP contribution in [0.4, 0.5) is 9.93 Å². The van der Waals surface area contributed by atoms with Crippen LogP contribution in [0.25, 0.3) is 0 Å². The van der Waals surface area contributed by atoms with Crippen LogP contribution in [-0.2, 0) is 16.3 Å². The second-order valence-corrected chi connectivity index (χ2v) is 7.93. The lowest BCUT2D eigenvalue weighted by atomic mass is 10.2. The normalized spacial score (nSPS) is 25.2. The number of hydrogen-bond acceptors (Lipinski definition) is 6. The molecule has 0 bridgehead atoms. The number of alkyl halides is 1. The fourth-order valence-electron chi connectivity index (χ4n) is 1.69. The summed E-state index contributed by atoms with van der Waals surface area (Å²) in [4.78, 5) is 11.7. The topological polar surface area (TPSA) is 101 Å². The molecule has 1 aromatic heterocycles. The van der Waals surface area contributed by atoms with Gasteiger partial charge in [0.15, 0.2) is 9.84 Å². The van der Waals surface area contributed by atoms with Crippen LogP contribution in [0.5, 0.6) is 0 Å². The molecular weight excluding hydrogens is 312 g/mol. The van der Waals surface area contributed by atoms with Crippen LogP contribution in [0.1, 0.15) is 11.9 Å². The minimum Gasteiger partial charge on any atom is -0.333 e. The number of urea groups is 1. The second kappa shape index (κ2) is 5.59. The molecule has 2 heterocycles. The molecule has 2 rings (SSSR count). The van der Waals surface area contributed by atoms with Crippen molar-refractivity contribution in [1.29, 1.82) is 0 Å². The fourth-order valence-corrected chi connectivity index (χ4v) is 4.91. The molecule has 1 aliphatic rings. The Kier molecular flexibility index (Phi) is 4.26. The van der Waals surface area contributed by atoms with Crippen molar-refractivity contribution in [3.8, 4) is 0 Å². The van der Waals surface area contributed by atoms with Crippen molar-refractivity contribution in [3.05, 3.63) is 5.01 Å². The van der Waals surface area contributed by atoms with E-state index in [1.807, 2.05) is 6.92 Å². The second-order valence-electron chi connectivity index (χ2n) is 4.15. The summed E-state index contributed by atoms with van der Waals surface area (Å²) in [6.07, 6.45) is 0.742. The maximum absolute atomic E-state index is 11.7. The van der Waals surface area contributed by atoms with Crippen molar-refractivity contribution in [3.63, 3.8) is 0 Å². The number of anilines is 1. The first kappa shape index (κ1) is 14.5. The van der Waals surface area contributed by atoms with Gasteiger partial charge in [-0.15, -0.1) is 21.8 Å². The lowest BCUT2D eigenvalue weighted by Gasteiger charge is -2.13. The van der Waals surface area contributed by atoms with Gasteiger partial charge in [0.05, 0.1) is 22.9 Å². The van der Waals surface area contributed by atoms with E-state index in [1.165, 1.54) is 11.3 Å². The van der Waals surface area contributed by atoms with Gasteiger partial charge in [-0.05, 0) is 6.42 Å². The molecular formula is C9H13ClN4O3S2. The Hall–Kier alpha value is -0.930. The summed E-state index contributed by atoms with van der Waals surface area (Å²) >= 11 is 7.16. The van der Waals surface area contributed by atoms with Gasteiger partial charge in [0.25, 0.3) is 0 Å². The average Bonchev–Trinajstić information content (AvgIpc) is 2.83. The maximum Gasteiger partial charge on any atom is 0.321 e. The van der Waals surface area contributed by atoms with E-state index >= 15 is 0 Å². The van der Waals surface area contributed by atoms with E-state index in [0.717, 1.165) is 11.4 Å². The third kappa shape index (κ3) is 3.77. The number of aromatic nitrogens is 2. The molecule has 2 N–H and O–H groups in total. The first-order chi connectivity index (χ1) is 8.89. The van der Waals surface area contributed by atoms with Gasteiger partial charge in [0.2, 0.25) is 5.13 Å². The molecule has 0 aromatic carbocycles. The smallest absolute Gasteiger partial charge is 0.321 e. The van der Waals surface area contributed by atoms with Gasteiger partial charge >= 0.3 is 6.03 Å². The lowest BCUT2D eigenvalue weighted by molar-refractivity contribution is 0.249. The van der Waals surface area contributed by atoms with E-state index in [-0.39, 0.29) is 11.5 Å². The summed E-state index contributed by atoms with van der Waals surface area (Å²) in [6, 6.07) is -1.10. The Bertz CT molecular complexity index is 574. The van der Waals surface area contributed by atoms with Crippen LogP contribution in [0, 0.1) is 0 Å². The number of nitrogens with zero attached hydrogens (tertiary/aromatic N) is 2. The van der Waals surface area contributed by atoms with E-state index in [4.69, 9.17) is 11.6 Å². The molecule has 1 saturated heterocycles. The molecule has 2 atom stereocenters. The fraction of sp³-hybridized carbons (Fsp3) is 0.667. The Morgan fingerprint density at radius 3 is 2.74 bits per heavy atom. The third-order valence-corrected chi connectivity index (χ3v) is 5.95. The number of amides is 2. The maximum atomic E-state index is 11.7. The third-order valence-electron chi connectivity index (χ3n) is 2.59. The van der Waals surface area contributed by atoms with E-state index < -0.39 is 27.3 Å². The van der Waals surface area contributed by atoms with Gasteiger partial charge in [-0.25, -0.2) is 13.2 Å². The molecule has 1 aliphatic heterocycles. The van der Waals surface area contributed by atoms with Crippen molar-refractivity contribution in [2.45, 2.75) is 24.8 Å². The van der Waals surface area contributed by atoms with Crippen molar-refractivity contribution in [1.82, 2.24) is 15.5 Å². The van der Waals surface area contributed by atoms with Gasteiger partial charge in [-0.1, -0.05) is 18.3 Å². The quantitative estimate of drug-likeness (QED) is 0.794. The van der Waals surface area contributed by atoms with Crippen molar-refractivity contribution in [2.75, 3.05) is 16.8 Å². The largest absolute Gasteiger partial charge is 0.333 e. The molecule has 0 radical (unpaired) electrons. The van der Waals surface area contributed by atoms with E-state index in [2.05, 4.69) is 20.8 Å². The van der Waals surface area contributed by atoms with E-state index in [9.17, 15) is 13.2 Å². The molecule has 0 spiro atoms. The Labute approximate surface area is 119 Å². The number of sulfone groups is 1. The summed E-state index contributed by atoms with van der Waals surface area (Å²) in [7, 11) is -3.16. The molecule has 7 nitrogen and oxygen atoms in total. The number of nitrogens with one attached hydrogen (secondary N) is 2. The molecule has 106 valence electrons. The molecule has 0 saturated carbocycles. The highest BCUT2D eigenvalue weighted by Crippen LogP contribution is 2.19. The first-order valence-electron chi connectivity index (χ1n) is 5.64. The molecule has 0 aliphatic carbocycles. The SMILES string of the molecule is CCc1nnc(NC(=O)N[C@H]2CS(=O)(=O)C[C@H]2Cl)s1. The van der Waals surface area contributed by atoms with Crippen molar-refractivity contribution >= 4 is 43.9 Å². The highest BCUT2D eigenvalue weighted by atomic mass is 35.5. The number of carbonyl (C=O) groups is 1.